The van der Waals surface area contributed by atoms with Gasteiger partial charge in [-0.25, -0.2) is 4.39 Å². The maximum atomic E-state index is 12.0. The smallest absolute Gasteiger partial charge is 0.119 e. The van der Waals surface area contributed by atoms with E-state index in [0.29, 0.717) is 13.0 Å². The second kappa shape index (κ2) is 4.11. The van der Waals surface area contributed by atoms with Gasteiger partial charge in [0.2, 0.25) is 0 Å². The lowest BCUT2D eigenvalue weighted by molar-refractivity contribution is -0.00519. The molecule has 0 aliphatic carbocycles. The lowest BCUT2D eigenvalue weighted by Gasteiger charge is -2.29. The summed E-state index contributed by atoms with van der Waals surface area (Å²) < 4.78 is 12.0. The summed E-state index contributed by atoms with van der Waals surface area (Å²) in [5.74, 6) is 0. The van der Waals surface area contributed by atoms with Crippen LogP contribution in [0.3, 0.4) is 0 Å². The summed E-state index contributed by atoms with van der Waals surface area (Å²) in [6, 6.07) is 0. The van der Waals surface area contributed by atoms with Gasteiger partial charge in [0.25, 0.3) is 0 Å². The monoisotopic (exact) mass is 169 g/mol. The van der Waals surface area contributed by atoms with E-state index in [4.69, 9.17) is 0 Å². The van der Waals surface area contributed by atoms with Gasteiger partial charge in [-0.1, -0.05) is 0 Å². The molecule has 1 aliphatic rings. The average Bonchev–Trinajstić information content (AvgIpc) is 1.90. The summed E-state index contributed by atoms with van der Waals surface area (Å²) >= 11 is 0. The predicted octanol–water partition coefficient (Wildman–Crippen LogP) is 0.492. The van der Waals surface area contributed by atoms with Crippen LogP contribution in [0.15, 0.2) is 0 Å². The summed E-state index contributed by atoms with van der Waals surface area (Å²) in [5.41, 5.74) is -1.06. The van der Waals surface area contributed by atoms with Crippen LogP contribution in [-0.2, 0) is 0 Å². The topological polar surface area (TPSA) is 32.3 Å². The molecule has 0 aromatic rings. The van der Waals surface area contributed by atoms with Gasteiger partial charge in [0.15, 0.2) is 0 Å². The zero-order valence-corrected chi connectivity index (χ0v) is 6.59. The Hall–Kier alpha value is 0.140. The van der Waals surface area contributed by atoms with E-state index in [1.54, 1.807) is 0 Å². The van der Waals surface area contributed by atoms with Crippen LogP contribution in [0.25, 0.3) is 0 Å². The van der Waals surface area contributed by atoms with E-state index in [-0.39, 0.29) is 12.4 Å². The molecule has 10 heavy (non-hydrogen) atoms. The van der Waals surface area contributed by atoms with Crippen molar-refractivity contribution in [2.45, 2.75) is 18.4 Å². The molecule has 1 heterocycles. The van der Waals surface area contributed by atoms with Crippen LogP contribution in [0.1, 0.15) is 12.8 Å². The first-order chi connectivity index (χ1) is 4.27. The molecule has 1 atom stereocenters. The molecule has 0 aromatic heterocycles. The van der Waals surface area contributed by atoms with E-state index < -0.39 is 12.3 Å². The van der Waals surface area contributed by atoms with E-state index in [1.807, 2.05) is 0 Å². The van der Waals surface area contributed by atoms with E-state index in [2.05, 4.69) is 5.32 Å². The Kier molecular flexibility index (Phi) is 4.17. The summed E-state index contributed by atoms with van der Waals surface area (Å²) in [6.45, 7) is 0.686. The van der Waals surface area contributed by atoms with E-state index in [9.17, 15) is 9.50 Å². The first kappa shape index (κ1) is 10.1. The molecule has 0 amide bonds. The Bertz CT molecular complexity index is 95.7. The number of alkyl halides is 1. The van der Waals surface area contributed by atoms with Gasteiger partial charge in [-0.15, -0.1) is 12.4 Å². The Balaban J connectivity index is 0.000000810. The zero-order chi connectivity index (χ0) is 6.74. The van der Waals surface area contributed by atoms with E-state index in [0.717, 1.165) is 13.0 Å². The van der Waals surface area contributed by atoms with Crippen molar-refractivity contribution in [2.75, 3.05) is 19.8 Å². The highest BCUT2D eigenvalue weighted by Gasteiger charge is 2.28. The Morgan fingerprint density at radius 2 is 2.30 bits per heavy atom. The van der Waals surface area contributed by atoms with Crippen LogP contribution in [0.5, 0.6) is 0 Å². The highest BCUT2D eigenvalue weighted by Crippen LogP contribution is 2.15. The Labute approximate surface area is 66.2 Å². The summed E-state index contributed by atoms with van der Waals surface area (Å²) in [6.07, 6.45) is 1.47. The van der Waals surface area contributed by atoms with Gasteiger partial charge in [0, 0.05) is 6.54 Å². The molecule has 1 aliphatic heterocycles. The Morgan fingerprint density at radius 3 is 2.60 bits per heavy atom. The third-order valence-electron chi connectivity index (χ3n) is 1.70. The van der Waals surface area contributed by atoms with Gasteiger partial charge in [0.1, 0.15) is 12.3 Å². The van der Waals surface area contributed by atoms with Crippen LogP contribution in [0.4, 0.5) is 4.39 Å². The van der Waals surface area contributed by atoms with Crippen LogP contribution in [-0.4, -0.2) is 30.5 Å². The minimum Gasteiger partial charge on any atom is -0.386 e. The van der Waals surface area contributed by atoms with Crippen molar-refractivity contribution in [3.05, 3.63) is 0 Å². The highest BCUT2D eigenvalue weighted by atomic mass is 35.5. The third-order valence-corrected chi connectivity index (χ3v) is 1.70. The molecular formula is C6H13ClFNO. The molecule has 1 unspecified atom stereocenters. The van der Waals surface area contributed by atoms with Crippen LogP contribution < -0.4 is 5.32 Å². The zero-order valence-electron chi connectivity index (χ0n) is 5.77. The quantitative estimate of drug-likeness (QED) is 0.599. The fraction of sp³-hybridized carbons (Fsp3) is 1.00. The van der Waals surface area contributed by atoms with Gasteiger partial charge < -0.3 is 10.4 Å². The Morgan fingerprint density at radius 1 is 1.60 bits per heavy atom. The van der Waals surface area contributed by atoms with Gasteiger partial charge in [-0.3, -0.25) is 0 Å². The molecule has 62 valence electrons. The predicted molar refractivity (Wildman–Crippen MR) is 40.3 cm³/mol. The molecule has 1 rings (SSSR count). The molecule has 0 saturated carbocycles. The second-order valence-electron chi connectivity index (χ2n) is 2.64. The highest BCUT2D eigenvalue weighted by molar-refractivity contribution is 5.85. The molecular weight excluding hydrogens is 157 g/mol. The third kappa shape index (κ3) is 2.40. The first-order valence-electron chi connectivity index (χ1n) is 3.26. The van der Waals surface area contributed by atoms with Crippen LogP contribution in [0, 0.1) is 0 Å². The number of hydrogen-bond donors (Lipinski definition) is 2. The average molecular weight is 170 g/mol. The number of rotatable bonds is 1. The fourth-order valence-electron chi connectivity index (χ4n) is 1.07. The molecule has 0 aromatic carbocycles. The molecule has 2 nitrogen and oxygen atoms in total. The summed E-state index contributed by atoms with van der Waals surface area (Å²) in [5, 5.41) is 12.2. The summed E-state index contributed by atoms with van der Waals surface area (Å²) in [4.78, 5) is 0. The molecule has 0 radical (unpaired) electrons. The molecule has 0 spiro atoms. The van der Waals surface area contributed by atoms with Crippen molar-refractivity contribution >= 4 is 12.4 Å². The van der Waals surface area contributed by atoms with Crippen molar-refractivity contribution in [2.24, 2.45) is 0 Å². The van der Waals surface area contributed by atoms with Gasteiger partial charge in [-0.2, -0.15) is 0 Å². The largest absolute Gasteiger partial charge is 0.386 e. The number of piperidine rings is 1. The van der Waals surface area contributed by atoms with Gasteiger partial charge >= 0.3 is 0 Å². The number of β-amino-alcohol motifs (C(OH)–C–C–N with tert-alkyl or cyclic N) is 1. The molecule has 0 bridgehead atoms. The van der Waals surface area contributed by atoms with Crippen molar-refractivity contribution in [1.82, 2.24) is 5.32 Å². The van der Waals surface area contributed by atoms with Crippen molar-refractivity contribution in [3.63, 3.8) is 0 Å². The number of nitrogens with one attached hydrogen (secondary N) is 1. The normalized spacial score (nSPS) is 33.0. The maximum absolute atomic E-state index is 12.0. The van der Waals surface area contributed by atoms with E-state index in [1.165, 1.54) is 0 Å². The molecule has 4 heteroatoms. The first-order valence-corrected chi connectivity index (χ1v) is 3.26. The standard InChI is InChI=1S/C6H12FNO.ClH/c7-4-6(9)2-1-3-8-5-6;/h8-9H,1-5H2;1H. The van der Waals surface area contributed by atoms with Crippen molar-refractivity contribution in [3.8, 4) is 0 Å². The SMILES string of the molecule is Cl.OC1(CF)CCCNC1. The lowest BCUT2D eigenvalue weighted by Crippen LogP contribution is -2.47. The minimum absolute atomic E-state index is 0. The van der Waals surface area contributed by atoms with Crippen LogP contribution in [0.2, 0.25) is 0 Å². The number of halogens is 2. The molecule has 1 fully saturated rings. The van der Waals surface area contributed by atoms with Gasteiger partial charge in [0.05, 0.1) is 0 Å². The molecule has 1 saturated heterocycles. The van der Waals surface area contributed by atoms with Crippen LogP contribution >= 0.6 is 12.4 Å². The fourth-order valence-corrected chi connectivity index (χ4v) is 1.07. The lowest BCUT2D eigenvalue weighted by atomic mass is 9.96. The summed E-state index contributed by atoms with van der Waals surface area (Å²) in [7, 11) is 0. The van der Waals surface area contributed by atoms with Crippen molar-refractivity contribution < 1.29 is 9.50 Å². The second-order valence-corrected chi connectivity index (χ2v) is 2.64. The van der Waals surface area contributed by atoms with Crippen molar-refractivity contribution in [1.29, 1.82) is 0 Å². The van der Waals surface area contributed by atoms with Gasteiger partial charge in [-0.05, 0) is 19.4 Å². The molecule has 2 N–H and O–H groups in total. The maximum Gasteiger partial charge on any atom is 0.119 e. The number of aliphatic hydroxyl groups is 1. The number of hydrogen-bond acceptors (Lipinski definition) is 2. The van der Waals surface area contributed by atoms with E-state index >= 15 is 0 Å². The minimum atomic E-state index is -1.06.